The summed E-state index contributed by atoms with van der Waals surface area (Å²) in [4.78, 5) is 8.07. The predicted molar refractivity (Wildman–Crippen MR) is 65.9 cm³/mol. The van der Waals surface area contributed by atoms with Crippen LogP contribution in [0, 0.1) is 6.92 Å². The lowest BCUT2D eigenvalue weighted by atomic mass is 10.3. The van der Waals surface area contributed by atoms with Crippen molar-refractivity contribution in [1.29, 1.82) is 0 Å². The van der Waals surface area contributed by atoms with Gasteiger partial charge in [-0.1, -0.05) is 17.7 Å². The highest BCUT2D eigenvalue weighted by Crippen LogP contribution is 2.19. The lowest BCUT2D eigenvalue weighted by Crippen LogP contribution is -2.01. The van der Waals surface area contributed by atoms with Crippen molar-refractivity contribution >= 4 is 29.1 Å². The summed E-state index contributed by atoms with van der Waals surface area (Å²) in [6, 6.07) is 9.21. The average molecular weight is 235 g/mol. The number of rotatable bonds is 2. The SMILES string of the molecule is Cc1cc(Nc2cccc(Cl)c2)nc(N)n1. The summed E-state index contributed by atoms with van der Waals surface area (Å²) in [6.45, 7) is 1.86. The van der Waals surface area contributed by atoms with Gasteiger partial charge in [0.1, 0.15) is 5.82 Å². The molecule has 1 aromatic carbocycles. The van der Waals surface area contributed by atoms with E-state index in [1.807, 2.05) is 37.3 Å². The summed E-state index contributed by atoms with van der Waals surface area (Å²) in [5.41, 5.74) is 7.24. The van der Waals surface area contributed by atoms with E-state index in [-0.39, 0.29) is 5.95 Å². The molecule has 0 saturated carbocycles. The highest BCUT2D eigenvalue weighted by molar-refractivity contribution is 6.30. The lowest BCUT2D eigenvalue weighted by molar-refractivity contribution is 1.12. The second-order valence-electron chi connectivity index (χ2n) is 3.39. The first-order chi connectivity index (χ1) is 7.63. The number of nitrogens with one attached hydrogen (secondary N) is 1. The monoisotopic (exact) mass is 234 g/mol. The van der Waals surface area contributed by atoms with Crippen LogP contribution in [-0.4, -0.2) is 9.97 Å². The molecule has 4 nitrogen and oxygen atoms in total. The predicted octanol–water partition coefficient (Wildman–Crippen LogP) is 2.76. The van der Waals surface area contributed by atoms with Crippen LogP contribution in [0.1, 0.15) is 5.69 Å². The summed E-state index contributed by atoms with van der Waals surface area (Å²) in [6.07, 6.45) is 0. The Morgan fingerprint density at radius 3 is 2.75 bits per heavy atom. The molecule has 0 spiro atoms. The van der Waals surface area contributed by atoms with Crippen molar-refractivity contribution in [2.45, 2.75) is 6.92 Å². The Hall–Kier alpha value is -1.81. The molecule has 2 rings (SSSR count). The summed E-state index contributed by atoms with van der Waals surface area (Å²) in [7, 11) is 0. The van der Waals surface area contributed by atoms with Gasteiger partial charge in [-0.25, -0.2) is 4.98 Å². The minimum Gasteiger partial charge on any atom is -0.368 e. The molecule has 0 aliphatic heterocycles. The molecule has 0 radical (unpaired) electrons. The molecular formula is C11H11ClN4. The van der Waals surface area contributed by atoms with Gasteiger partial charge in [-0.2, -0.15) is 4.98 Å². The smallest absolute Gasteiger partial charge is 0.222 e. The maximum Gasteiger partial charge on any atom is 0.222 e. The molecular weight excluding hydrogens is 224 g/mol. The number of nitrogens with two attached hydrogens (primary N) is 1. The fourth-order valence-corrected chi connectivity index (χ4v) is 1.56. The van der Waals surface area contributed by atoms with Crippen LogP contribution in [0.5, 0.6) is 0 Å². The second kappa shape index (κ2) is 4.37. The molecule has 0 aliphatic carbocycles. The fourth-order valence-electron chi connectivity index (χ4n) is 1.37. The first kappa shape index (κ1) is 10.7. The van der Waals surface area contributed by atoms with Crippen molar-refractivity contribution in [1.82, 2.24) is 9.97 Å². The highest BCUT2D eigenvalue weighted by Gasteiger charge is 2.00. The van der Waals surface area contributed by atoms with E-state index < -0.39 is 0 Å². The number of benzene rings is 1. The molecule has 0 atom stereocenters. The Bertz CT molecular complexity index is 493. The zero-order chi connectivity index (χ0) is 11.5. The maximum atomic E-state index is 5.88. The summed E-state index contributed by atoms with van der Waals surface area (Å²) in [5.74, 6) is 0.914. The van der Waals surface area contributed by atoms with Crippen LogP contribution in [0.25, 0.3) is 0 Å². The largest absolute Gasteiger partial charge is 0.368 e. The molecule has 1 aromatic heterocycles. The molecule has 16 heavy (non-hydrogen) atoms. The van der Waals surface area contributed by atoms with Crippen molar-refractivity contribution in [2.75, 3.05) is 11.1 Å². The van der Waals surface area contributed by atoms with E-state index >= 15 is 0 Å². The van der Waals surface area contributed by atoms with Crippen molar-refractivity contribution in [3.8, 4) is 0 Å². The van der Waals surface area contributed by atoms with E-state index in [1.54, 1.807) is 0 Å². The number of nitrogen functional groups attached to an aromatic ring is 1. The van der Waals surface area contributed by atoms with Crippen LogP contribution in [0.15, 0.2) is 30.3 Å². The Morgan fingerprint density at radius 1 is 1.25 bits per heavy atom. The molecule has 82 valence electrons. The average Bonchev–Trinajstić information content (AvgIpc) is 2.15. The minimum atomic E-state index is 0.254. The van der Waals surface area contributed by atoms with E-state index in [4.69, 9.17) is 17.3 Å². The van der Waals surface area contributed by atoms with Gasteiger partial charge in [-0.05, 0) is 25.1 Å². The van der Waals surface area contributed by atoms with Crippen molar-refractivity contribution < 1.29 is 0 Å². The van der Waals surface area contributed by atoms with E-state index in [2.05, 4.69) is 15.3 Å². The number of aromatic nitrogens is 2. The molecule has 5 heteroatoms. The first-order valence-corrected chi connectivity index (χ1v) is 5.15. The molecule has 2 aromatic rings. The summed E-state index contributed by atoms with van der Waals surface area (Å²) >= 11 is 5.88. The lowest BCUT2D eigenvalue weighted by Gasteiger charge is -2.06. The Kier molecular flexibility index (Phi) is 2.92. The Balaban J connectivity index is 2.27. The van der Waals surface area contributed by atoms with Gasteiger partial charge in [0.05, 0.1) is 0 Å². The van der Waals surface area contributed by atoms with Crippen molar-refractivity contribution in [3.63, 3.8) is 0 Å². The van der Waals surface area contributed by atoms with E-state index in [0.29, 0.717) is 10.8 Å². The number of halogens is 1. The zero-order valence-electron chi connectivity index (χ0n) is 8.74. The molecule has 1 heterocycles. The topological polar surface area (TPSA) is 63.8 Å². The number of hydrogen-bond donors (Lipinski definition) is 2. The molecule has 0 unspecified atom stereocenters. The second-order valence-corrected chi connectivity index (χ2v) is 3.82. The Labute approximate surface area is 98.5 Å². The molecule has 0 saturated heterocycles. The number of nitrogens with zero attached hydrogens (tertiary/aromatic N) is 2. The highest BCUT2D eigenvalue weighted by atomic mass is 35.5. The van der Waals surface area contributed by atoms with Crippen LogP contribution in [0.3, 0.4) is 0 Å². The molecule has 0 bridgehead atoms. The van der Waals surface area contributed by atoms with Crippen molar-refractivity contribution in [3.05, 3.63) is 41.0 Å². The van der Waals surface area contributed by atoms with Gasteiger partial charge < -0.3 is 11.1 Å². The first-order valence-electron chi connectivity index (χ1n) is 4.77. The van der Waals surface area contributed by atoms with Crippen LogP contribution in [0.4, 0.5) is 17.5 Å². The molecule has 0 fully saturated rings. The van der Waals surface area contributed by atoms with Gasteiger partial charge in [0.15, 0.2) is 0 Å². The molecule has 0 amide bonds. The number of hydrogen-bond acceptors (Lipinski definition) is 4. The van der Waals surface area contributed by atoms with Gasteiger partial charge in [0, 0.05) is 22.5 Å². The van der Waals surface area contributed by atoms with Gasteiger partial charge in [-0.3, -0.25) is 0 Å². The van der Waals surface area contributed by atoms with E-state index in [0.717, 1.165) is 11.4 Å². The van der Waals surface area contributed by atoms with Crippen LogP contribution >= 0.6 is 11.6 Å². The van der Waals surface area contributed by atoms with Crippen molar-refractivity contribution in [2.24, 2.45) is 0 Å². The standard InChI is InChI=1S/C11H11ClN4/c1-7-5-10(16-11(13)14-7)15-9-4-2-3-8(12)6-9/h2-6H,1H3,(H3,13,14,15,16). The van der Waals surface area contributed by atoms with Crippen LogP contribution in [-0.2, 0) is 0 Å². The third-order valence-corrected chi connectivity index (χ3v) is 2.20. The third kappa shape index (κ3) is 2.61. The number of anilines is 3. The van der Waals surface area contributed by atoms with Crippen LogP contribution < -0.4 is 11.1 Å². The van der Waals surface area contributed by atoms with Gasteiger partial charge in [0.2, 0.25) is 5.95 Å². The van der Waals surface area contributed by atoms with Gasteiger partial charge in [0.25, 0.3) is 0 Å². The molecule has 3 N–H and O–H groups in total. The van der Waals surface area contributed by atoms with Gasteiger partial charge >= 0.3 is 0 Å². The Morgan fingerprint density at radius 2 is 2.06 bits per heavy atom. The fraction of sp³-hybridized carbons (Fsp3) is 0.0909. The summed E-state index contributed by atoms with van der Waals surface area (Å²) < 4.78 is 0. The zero-order valence-corrected chi connectivity index (χ0v) is 9.49. The maximum absolute atomic E-state index is 5.88. The third-order valence-electron chi connectivity index (χ3n) is 1.97. The molecule has 0 aliphatic rings. The normalized spacial score (nSPS) is 10.1. The van der Waals surface area contributed by atoms with Crippen LogP contribution in [0.2, 0.25) is 5.02 Å². The van der Waals surface area contributed by atoms with Gasteiger partial charge in [-0.15, -0.1) is 0 Å². The number of aryl methyl sites for hydroxylation is 1. The van der Waals surface area contributed by atoms with E-state index in [9.17, 15) is 0 Å². The minimum absolute atomic E-state index is 0.254. The van der Waals surface area contributed by atoms with E-state index in [1.165, 1.54) is 0 Å². The quantitative estimate of drug-likeness (QED) is 0.839. The summed E-state index contributed by atoms with van der Waals surface area (Å²) in [5, 5.41) is 3.78.